The summed E-state index contributed by atoms with van der Waals surface area (Å²) in [6.45, 7) is 0.347. The molecule has 0 fully saturated rings. The molecule has 0 aromatic heterocycles. The second kappa shape index (κ2) is 9.76. The number of carboxylic acids is 1. The number of benzene rings is 3. The second-order valence-electron chi connectivity index (χ2n) is 8.16. The Morgan fingerprint density at radius 3 is 2.41 bits per heavy atom. The fourth-order valence-corrected chi connectivity index (χ4v) is 3.74. The van der Waals surface area contributed by atoms with E-state index in [0.717, 1.165) is 17.8 Å². The molecule has 3 aromatic rings. The summed E-state index contributed by atoms with van der Waals surface area (Å²) in [6, 6.07) is 18.8. The third-order valence-corrected chi connectivity index (χ3v) is 5.20. The first-order chi connectivity index (χ1) is 16.3. The van der Waals surface area contributed by atoms with Crippen molar-refractivity contribution in [2.45, 2.75) is 6.54 Å². The van der Waals surface area contributed by atoms with Crippen LogP contribution in [0, 0.1) is 5.82 Å². The summed E-state index contributed by atoms with van der Waals surface area (Å²) >= 11 is 0. The first-order valence-corrected chi connectivity index (χ1v) is 10.6. The Labute approximate surface area is 196 Å². The molecule has 1 aliphatic heterocycles. The number of carbonyl (C=O) groups is 2. The molecule has 0 atom stereocenters. The topological polar surface area (TPSA) is 90.9 Å². The number of halogens is 1. The van der Waals surface area contributed by atoms with Crippen LogP contribution in [-0.4, -0.2) is 42.6 Å². The second-order valence-corrected chi connectivity index (χ2v) is 8.16. The minimum absolute atomic E-state index is 0.349. The lowest BCUT2D eigenvalue weighted by Gasteiger charge is -2.16. The fraction of sp³-hybridized carbons (Fsp3) is 0.154. The number of hydrogen-bond donors (Lipinski definition) is 3. The lowest BCUT2D eigenvalue weighted by molar-refractivity contribution is -0.139. The van der Waals surface area contributed by atoms with Gasteiger partial charge < -0.3 is 25.4 Å². The van der Waals surface area contributed by atoms with Gasteiger partial charge >= 0.3 is 5.97 Å². The van der Waals surface area contributed by atoms with Crippen molar-refractivity contribution in [1.82, 2.24) is 4.90 Å². The molecule has 7 nitrogen and oxygen atoms in total. The van der Waals surface area contributed by atoms with E-state index >= 15 is 0 Å². The number of carboxylic acid groups (broad SMARTS) is 1. The summed E-state index contributed by atoms with van der Waals surface area (Å²) < 4.78 is 19.0. The molecule has 1 heterocycles. The molecule has 1 aliphatic rings. The Morgan fingerprint density at radius 2 is 1.76 bits per heavy atom. The standard InChI is InChI=1S/C26H24FN3O4/c1-30(2)14-16-3-8-19(9-4-16)28-25(17-5-10-20(11-6-17)34-15-23(31)32)24-21-12-7-18(27)13-22(21)29-26(24)33/h3-13,28H,14-15H2,1-2H3,(H,29,33)(H,31,32). The van der Waals surface area contributed by atoms with Crippen molar-refractivity contribution in [3.8, 4) is 5.75 Å². The molecule has 4 rings (SSSR count). The molecule has 0 unspecified atom stereocenters. The molecule has 8 heteroatoms. The molecule has 0 radical (unpaired) electrons. The third kappa shape index (κ3) is 5.24. The predicted molar refractivity (Wildman–Crippen MR) is 129 cm³/mol. The normalized spacial score (nSPS) is 13.9. The summed E-state index contributed by atoms with van der Waals surface area (Å²) in [6.07, 6.45) is 0. The van der Waals surface area contributed by atoms with E-state index < -0.39 is 18.4 Å². The number of aliphatic carboxylic acids is 1. The molecule has 3 aromatic carbocycles. The van der Waals surface area contributed by atoms with Crippen molar-refractivity contribution in [2.24, 2.45) is 0 Å². The Hall–Kier alpha value is -4.17. The van der Waals surface area contributed by atoms with Gasteiger partial charge in [0.05, 0.1) is 17.0 Å². The minimum atomic E-state index is -1.07. The molecule has 0 saturated heterocycles. The maximum Gasteiger partial charge on any atom is 0.341 e. The summed E-state index contributed by atoms with van der Waals surface area (Å²) in [7, 11) is 4.00. The van der Waals surface area contributed by atoms with E-state index in [-0.39, 0.29) is 5.91 Å². The fourth-order valence-electron chi connectivity index (χ4n) is 3.74. The van der Waals surface area contributed by atoms with Gasteiger partial charge in [-0.05, 0) is 79.8 Å². The number of anilines is 2. The molecule has 34 heavy (non-hydrogen) atoms. The van der Waals surface area contributed by atoms with Crippen molar-refractivity contribution >= 4 is 34.5 Å². The number of amides is 1. The third-order valence-electron chi connectivity index (χ3n) is 5.20. The van der Waals surface area contributed by atoms with Crippen LogP contribution in [0.4, 0.5) is 15.8 Å². The van der Waals surface area contributed by atoms with Crippen LogP contribution in [0.2, 0.25) is 0 Å². The zero-order valence-corrected chi connectivity index (χ0v) is 18.8. The van der Waals surface area contributed by atoms with Gasteiger partial charge in [0.1, 0.15) is 11.6 Å². The van der Waals surface area contributed by atoms with E-state index in [1.807, 2.05) is 38.4 Å². The molecule has 0 bridgehead atoms. The van der Waals surface area contributed by atoms with E-state index in [9.17, 15) is 14.0 Å². The van der Waals surface area contributed by atoms with E-state index in [1.165, 1.54) is 12.1 Å². The molecular weight excluding hydrogens is 437 g/mol. The van der Waals surface area contributed by atoms with E-state index in [1.54, 1.807) is 30.3 Å². The lowest BCUT2D eigenvalue weighted by Crippen LogP contribution is -2.11. The van der Waals surface area contributed by atoms with Crippen LogP contribution >= 0.6 is 0 Å². The highest BCUT2D eigenvalue weighted by atomic mass is 19.1. The number of ether oxygens (including phenoxy) is 1. The average Bonchev–Trinajstić information content (AvgIpc) is 3.11. The maximum atomic E-state index is 13.7. The molecule has 0 saturated carbocycles. The zero-order chi connectivity index (χ0) is 24.2. The van der Waals surface area contributed by atoms with Gasteiger partial charge in [-0.15, -0.1) is 0 Å². The molecular formula is C26H24FN3O4. The van der Waals surface area contributed by atoms with Crippen molar-refractivity contribution in [1.29, 1.82) is 0 Å². The van der Waals surface area contributed by atoms with Crippen molar-refractivity contribution in [2.75, 3.05) is 31.3 Å². The highest BCUT2D eigenvalue weighted by Gasteiger charge is 2.29. The van der Waals surface area contributed by atoms with Crippen LogP contribution < -0.4 is 15.4 Å². The van der Waals surface area contributed by atoms with Gasteiger partial charge in [0.25, 0.3) is 5.91 Å². The van der Waals surface area contributed by atoms with Gasteiger partial charge in [-0.3, -0.25) is 4.79 Å². The van der Waals surface area contributed by atoms with E-state index in [0.29, 0.717) is 33.8 Å². The Bertz CT molecular complexity index is 1250. The molecule has 0 aliphatic carbocycles. The Kier molecular flexibility index (Phi) is 6.60. The van der Waals surface area contributed by atoms with E-state index in [4.69, 9.17) is 9.84 Å². The van der Waals surface area contributed by atoms with Crippen LogP contribution in [0.15, 0.2) is 66.7 Å². The van der Waals surface area contributed by atoms with Crippen molar-refractivity contribution < 1.29 is 23.8 Å². The van der Waals surface area contributed by atoms with Gasteiger partial charge in [0, 0.05) is 17.8 Å². The Morgan fingerprint density at radius 1 is 1.06 bits per heavy atom. The first kappa shape index (κ1) is 23.0. The molecule has 0 spiro atoms. The molecule has 1 amide bonds. The molecule has 3 N–H and O–H groups in total. The summed E-state index contributed by atoms with van der Waals surface area (Å²) in [5.74, 6) is -1.47. The lowest BCUT2D eigenvalue weighted by atomic mass is 9.99. The van der Waals surface area contributed by atoms with Crippen LogP contribution in [0.5, 0.6) is 5.75 Å². The highest BCUT2D eigenvalue weighted by Crippen LogP contribution is 2.38. The predicted octanol–water partition coefficient (Wildman–Crippen LogP) is 4.28. The number of carbonyl (C=O) groups excluding carboxylic acids is 1. The SMILES string of the molecule is CN(C)Cc1ccc(NC(=C2C(=O)Nc3cc(F)ccc32)c2ccc(OCC(=O)O)cc2)cc1. The first-order valence-electron chi connectivity index (χ1n) is 10.6. The quantitative estimate of drug-likeness (QED) is 0.434. The van der Waals surface area contributed by atoms with Gasteiger partial charge in [-0.2, -0.15) is 0 Å². The number of fused-ring (bicyclic) bond motifs is 1. The highest BCUT2D eigenvalue weighted by molar-refractivity contribution is 6.37. The van der Waals surface area contributed by atoms with E-state index in [2.05, 4.69) is 15.5 Å². The maximum absolute atomic E-state index is 13.7. The summed E-state index contributed by atoms with van der Waals surface area (Å²) in [5, 5.41) is 14.9. The number of rotatable bonds is 8. The van der Waals surface area contributed by atoms with Crippen molar-refractivity contribution in [3.05, 3.63) is 89.2 Å². The van der Waals surface area contributed by atoms with Gasteiger partial charge in [0.2, 0.25) is 0 Å². The summed E-state index contributed by atoms with van der Waals surface area (Å²) in [4.78, 5) is 25.8. The monoisotopic (exact) mass is 461 g/mol. The minimum Gasteiger partial charge on any atom is -0.482 e. The zero-order valence-electron chi connectivity index (χ0n) is 18.8. The number of nitrogens with zero attached hydrogens (tertiary/aromatic N) is 1. The average molecular weight is 461 g/mol. The van der Waals surface area contributed by atoms with Crippen LogP contribution in [-0.2, 0) is 16.1 Å². The molecule has 174 valence electrons. The summed E-state index contributed by atoms with van der Waals surface area (Å²) in [5.41, 5.74) is 4.51. The van der Waals surface area contributed by atoms with Gasteiger partial charge in [0.15, 0.2) is 6.61 Å². The van der Waals surface area contributed by atoms with Gasteiger partial charge in [-0.25, -0.2) is 9.18 Å². The van der Waals surface area contributed by atoms with Crippen LogP contribution in [0.25, 0.3) is 11.3 Å². The largest absolute Gasteiger partial charge is 0.482 e. The van der Waals surface area contributed by atoms with Gasteiger partial charge in [-0.1, -0.05) is 12.1 Å². The van der Waals surface area contributed by atoms with Crippen LogP contribution in [0.3, 0.4) is 0 Å². The number of nitrogens with one attached hydrogen (secondary N) is 2. The smallest absolute Gasteiger partial charge is 0.341 e. The number of hydrogen-bond acceptors (Lipinski definition) is 5. The van der Waals surface area contributed by atoms with Crippen molar-refractivity contribution in [3.63, 3.8) is 0 Å². The Balaban J connectivity index is 1.74. The van der Waals surface area contributed by atoms with Crippen LogP contribution in [0.1, 0.15) is 16.7 Å².